The van der Waals surface area contributed by atoms with Gasteiger partial charge in [-0.25, -0.2) is 4.98 Å². The van der Waals surface area contributed by atoms with E-state index in [1.807, 2.05) is 35.1 Å². The van der Waals surface area contributed by atoms with Gasteiger partial charge in [0.25, 0.3) is 0 Å². The summed E-state index contributed by atoms with van der Waals surface area (Å²) in [5.41, 5.74) is 3.15. The molecule has 30 heavy (non-hydrogen) atoms. The lowest BCUT2D eigenvalue weighted by Crippen LogP contribution is -2.29. The zero-order valence-electron chi connectivity index (χ0n) is 17.1. The summed E-state index contributed by atoms with van der Waals surface area (Å²) in [6.45, 7) is 5.62. The fraction of sp³-hybridized carbons (Fsp3) is 0.429. The summed E-state index contributed by atoms with van der Waals surface area (Å²) in [5, 5.41) is 12.8. The van der Waals surface area contributed by atoms with Gasteiger partial charge < -0.3 is 5.32 Å². The number of likely N-dealkylation sites (tertiary alicyclic amines) is 1. The van der Waals surface area contributed by atoms with E-state index in [9.17, 15) is 4.79 Å². The Morgan fingerprint density at radius 3 is 2.93 bits per heavy atom. The van der Waals surface area contributed by atoms with Gasteiger partial charge in [-0.15, -0.1) is 11.3 Å². The van der Waals surface area contributed by atoms with E-state index in [-0.39, 0.29) is 5.91 Å². The summed E-state index contributed by atoms with van der Waals surface area (Å²) in [5.74, 6) is 0.668. The third-order valence-electron chi connectivity index (χ3n) is 5.23. The van der Waals surface area contributed by atoms with Crippen LogP contribution in [0.2, 0.25) is 0 Å². The van der Waals surface area contributed by atoms with Crippen molar-refractivity contribution < 1.29 is 4.79 Å². The van der Waals surface area contributed by atoms with E-state index in [4.69, 9.17) is 12.2 Å². The van der Waals surface area contributed by atoms with Gasteiger partial charge in [-0.05, 0) is 51.1 Å². The normalized spacial score (nSPS) is 14.7. The lowest BCUT2D eigenvalue weighted by molar-refractivity contribution is -0.116. The number of nitrogens with one attached hydrogen (secondary N) is 2. The Labute approximate surface area is 185 Å². The molecular formula is C21H26N6OS2. The Bertz CT molecular complexity index is 1060. The lowest BCUT2D eigenvalue weighted by Gasteiger charge is -2.25. The zero-order valence-corrected chi connectivity index (χ0v) is 18.7. The number of aromatic amines is 1. The van der Waals surface area contributed by atoms with Crippen LogP contribution < -0.4 is 5.32 Å². The molecule has 9 heteroatoms. The Kier molecular flexibility index (Phi) is 6.71. The molecule has 0 saturated carbocycles. The van der Waals surface area contributed by atoms with Crippen LogP contribution in [-0.4, -0.2) is 43.6 Å². The molecule has 1 aromatic carbocycles. The number of hydrogen-bond acceptors (Lipinski definition) is 6. The number of benzene rings is 1. The van der Waals surface area contributed by atoms with E-state index >= 15 is 0 Å². The fourth-order valence-electron chi connectivity index (χ4n) is 3.71. The van der Waals surface area contributed by atoms with E-state index in [1.165, 1.54) is 30.6 Å². The maximum Gasteiger partial charge on any atom is 0.227 e. The summed E-state index contributed by atoms with van der Waals surface area (Å²) < 4.78 is 2.38. The van der Waals surface area contributed by atoms with Crippen molar-refractivity contribution in [2.75, 3.05) is 18.4 Å². The van der Waals surface area contributed by atoms with Crippen LogP contribution >= 0.6 is 23.6 Å². The second kappa shape index (κ2) is 9.63. The number of rotatable bonds is 7. The van der Waals surface area contributed by atoms with Crippen molar-refractivity contribution >= 4 is 34.6 Å². The Hall–Kier alpha value is -2.36. The van der Waals surface area contributed by atoms with Crippen LogP contribution in [0.25, 0.3) is 11.4 Å². The second-order valence-corrected chi connectivity index (χ2v) is 8.90. The highest BCUT2D eigenvalue weighted by molar-refractivity contribution is 7.71. The van der Waals surface area contributed by atoms with Crippen LogP contribution in [0, 0.1) is 11.7 Å². The van der Waals surface area contributed by atoms with E-state index in [0.29, 0.717) is 22.9 Å². The molecule has 1 saturated heterocycles. The number of anilines is 1. The highest BCUT2D eigenvalue weighted by Crippen LogP contribution is 2.21. The van der Waals surface area contributed by atoms with E-state index in [1.54, 1.807) is 0 Å². The summed E-state index contributed by atoms with van der Waals surface area (Å²) in [7, 11) is 0. The number of thiazole rings is 1. The minimum Gasteiger partial charge on any atom is -0.302 e. The van der Waals surface area contributed by atoms with Crippen LogP contribution in [0.3, 0.4) is 0 Å². The Morgan fingerprint density at radius 1 is 1.30 bits per heavy atom. The molecule has 0 bridgehead atoms. The molecule has 1 fully saturated rings. The molecule has 0 unspecified atom stereocenters. The Morgan fingerprint density at radius 2 is 2.13 bits per heavy atom. The number of carbonyl (C=O) groups is 1. The third-order valence-corrected chi connectivity index (χ3v) is 6.35. The fourth-order valence-corrected chi connectivity index (χ4v) is 4.65. The number of nitrogens with zero attached hydrogens (tertiary/aromatic N) is 4. The van der Waals surface area contributed by atoms with Gasteiger partial charge in [0.05, 0.1) is 5.69 Å². The third kappa shape index (κ3) is 5.21. The van der Waals surface area contributed by atoms with Crippen molar-refractivity contribution in [3.63, 3.8) is 0 Å². The summed E-state index contributed by atoms with van der Waals surface area (Å²) in [6.07, 6.45) is 4.14. The number of carbonyl (C=O) groups excluding carboxylic acids is 1. The van der Waals surface area contributed by atoms with Crippen molar-refractivity contribution in [2.24, 2.45) is 0 Å². The first-order valence-corrected chi connectivity index (χ1v) is 11.6. The maximum absolute atomic E-state index is 12.5. The highest BCUT2D eigenvalue weighted by Gasteiger charge is 2.14. The molecule has 7 nitrogen and oxygen atoms in total. The molecule has 2 N–H and O–H groups in total. The van der Waals surface area contributed by atoms with Crippen LogP contribution in [-0.2, 0) is 17.9 Å². The first kappa shape index (κ1) is 20.9. The van der Waals surface area contributed by atoms with Crippen molar-refractivity contribution in [3.8, 4) is 11.4 Å². The van der Waals surface area contributed by atoms with Crippen LogP contribution in [0.4, 0.5) is 5.13 Å². The maximum atomic E-state index is 12.5. The molecular weight excluding hydrogens is 416 g/mol. The summed E-state index contributed by atoms with van der Waals surface area (Å²) >= 11 is 6.85. The minimum atomic E-state index is -0.0767. The van der Waals surface area contributed by atoms with Crippen LogP contribution in [0.5, 0.6) is 0 Å². The molecule has 0 aliphatic carbocycles. The van der Waals surface area contributed by atoms with Gasteiger partial charge in [0.1, 0.15) is 0 Å². The predicted octanol–water partition coefficient (Wildman–Crippen LogP) is 4.39. The van der Waals surface area contributed by atoms with Crippen LogP contribution in [0.1, 0.15) is 36.9 Å². The van der Waals surface area contributed by atoms with Gasteiger partial charge in [-0.2, -0.15) is 5.10 Å². The van der Waals surface area contributed by atoms with Crippen molar-refractivity contribution in [2.45, 2.75) is 45.7 Å². The van der Waals surface area contributed by atoms with E-state index < -0.39 is 0 Å². The number of aromatic nitrogens is 4. The number of H-pyrrole nitrogens is 1. The van der Waals surface area contributed by atoms with Gasteiger partial charge >= 0.3 is 0 Å². The van der Waals surface area contributed by atoms with Crippen LogP contribution in [0.15, 0.2) is 29.6 Å². The summed E-state index contributed by atoms with van der Waals surface area (Å²) in [6, 6.07) is 8.08. The molecule has 0 atom stereocenters. The number of amides is 1. The molecule has 2 aromatic heterocycles. The topological polar surface area (TPSA) is 78.8 Å². The van der Waals surface area contributed by atoms with Gasteiger partial charge in [-0.1, -0.05) is 30.2 Å². The standard InChI is InChI=1S/C21H26N6OS2/c1-15-6-5-7-16(12-15)19-24-25-21(29)27(19)11-8-18(28)23-20-22-17(14-30-20)13-26-9-3-2-4-10-26/h5-7,12,14H,2-4,8-11,13H2,1H3,(H,25,29)(H,22,23,28). The van der Waals surface area contributed by atoms with E-state index in [0.717, 1.165) is 42.3 Å². The average molecular weight is 443 g/mol. The van der Waals surface area contributed by atoms with Crippen molar-refractivity contribution in [1.29, 1.82) is 0 Å². The Balaban J connectivity index is 1.35. The second-order valence-electron chi connectivity index (χ2n) is 7.65. The molecule has 1 aliphatic rings. The van der Waals surface area contributed by atoms with Gasteiger partial charge in [0.2, 0.25) is 5.91 Å². The molecule has 3 aromatic rings. The van der Waals surface area contributed by atoms with Crippen molar-refractivity contribution in [1.82, 2.24) is 24.6 Å². The number of piperidine rings is 1. The van der Waals surface area contributed by atoms with Gasteiger partial charge in [0.15, 0.2) is 15.7 Å². The largest absolute Gasteiger partial charge is 0.302 e. The van der Waals surface area contributed by atoms with E-state index in [2.05, 4.69) is 31.5 Å². The predicted molar refractivity (Wildman–Crippen MR) is 122 cm³/mol. The molecule has 0 radical (unpaired) electrons. The quantitative estimate of drug-likeness (QED) is 0.531. The lowest BCUT2D eigenvalue weighted by atomic mass is 10.1. The minimum absolute atomic E-state index is 0.0767. The number of aryl methyl sites for hydroxylation is 1. The monoisotopic (exact) mass is 442 g/mol. The molecule has 0 spiro atoms. The number of hydrogen-bond donors (Lipinski definition) is 2. The first-order valence-electron chi connectivity index (χ1n) is 10.3. The van der Waals surface area contributed by atoms with Crippen molar-refractivity contribution in [3.05, 3.63) is 45.7 Å². The molecule has 1 aliphatic heterocycles. The average Bonchev–Trinajstić information content (AvgIpc) is 3.33. The zero-order chi connectivity index (χ0) is 20.9. The van der Waals surface area contributed by atoms with Gasteiger partial charge in [0, 0.05) is 30.5 Å². The summed E-state index contributed by atoms with van der Waals surface area (Å²) in [4.78, 5) is 19.5. The molecule has 4 rings (SSSR count). The molecule has 3 heterocycles. The smallest absolute Gasteiger partial charge is 0.227 e. The SMILES string of the molecule is Cc1cccc(-c2n[nH]c(=S)n2CCC(=O)Nc2nc(CN3CCCCC3)cs2)c1. The van der Waals surface area contributed by atoms with Gasteiger partial charge in [-0.3, -0.25) is 19.4 Å². The highest BCUT2D eigenvalue weighted by atomic mass is 32.1. The molecule has 158 valence electrons. The first-order chi connectivity index (χ1) is 14.6. The molecule has 1 amide bonds.